The Bertz CT molecular complexity index is 242. The van der Waals surface area contributed by atoms with Gasteiger partial charge in [0, 0.05) is 0 Å². The molecular weight excluding hydrogens is 188 g/mol. The summed E-state index contributed by atoms with van der Waals surface area (Å²) in [4.78, 5) is 0. The Morgan fingerprint density at radius 1 is 1.47 bits per heavy atom. The molecular formula is C12H22N2O. The maximum absolute atomic E-state index is 9.04. The summed E-state index contributed by atoms with van der Waals surface area (Å²) in [7, 11) is 0. The van der Waals surface area contributed by atoms with Gasteiger partial charge in [0.1, 0.15) is 5.54 Å². The first-order valence-electron chi connectivity index (χ1n) is 5.79. The fraction of sp³-hybridized carbons (Fsp3) is 0.917. The van der Waals surface area contributed by atoms with Crippen LogP contribution in [0.5, 0.6) is 0 Å². The van der Waals surface area contributed by atoms with Crippen molar-refractivity contribution in [3.05, 3.63) is 0 Å². The first-order chi connectivity index (χ1) is 6.98. The lowest BCUT2D eigenvalue weighted by Crippen LogP contribution is -2.46. The molecule has 15 heavy (non-hydrogen) atoms. The second-order valence-electron chi connectivity index (χ2n) is 5.18. The molecule has 0 heterocycles. The number of hydrogen-bond acceptors (Lipinski definition) is 3. The number of nitrogens with zero attached hydrogens (tertiary/aromatic N) is 1. The summed E-state index contributed by atoms with van der Waals surface area (Å²) >= 11 is 0. The second-order valence-corrected chi connectivity index (χ2v) is 5.18. The highest BCUT2D eigenvalue weighted by atomic mass is 16.5. The van der Waals surface area contributed by atoms with Crippen LogP contribution in [0.3, 0.4) is 0 Å². The molecule has 1 aliphatic rings. The third-order valence-electron chi connectivity index (χ3n) is 2.92. The second kappa shape index (κ2) is 4.96. The van der Waals surface area contributed by atoms with Crippen molar-refractivity contribution in [3.8, 4) is 6.07 Å². The summed E-state index contributed by atoms with van der Waals surface area (Å²) in [6.45, 7) is 6.76. The zero-order valence-corrected chi connectivity index (χ0v) is 9.99. The molecule has 2 unspecified atom stereocenters. The smallest absolute Gasteiger partial charge is 0.130 e. The molecule has 0 aromatic heterocycles. The summed E-state index contributed by atoms with van der Waals surface area (Å²) in [5.74, 6) is 0.976. The van der Waals surface area contributed by atoms with Crippen molar-refractivity contribution < 1.29 is 4.74 Å². The number of nitrogens with two attached hydrogens (primary N) is 1. The van der Waals surface area contributed by atoms with E-state index in [-0.39, 0.29) is 6.10 Å². The van der Waals surface area contributed by atoms with Gasteiger partial charge in [-0.25, -0.2) is 0 Å². The quantitative estimate of drug-likeness (QED) is 0.730. The summed E-state index contributed by atoms with van der Waals surface area (Å²) in [6.07, 6.45) is 3.37. The third kappa shape index (κ3) is 3.81. The van der Waals surface area contributed by atoms with Crippen molar-refractivity contribution in [1.29, 1.82) is 5.26 Å². The van der Waals surface area contributed by atoms with Crippen LogP contribution < -0.4 is 5.73 Å². The van der Waals surface area contributed by atoms with Crippen LogP contribution in [-0.2, 0) is 4.74 Å². The van der Waals surface area contributed by atoms with E-state index in [4.69, 9.17) is 15.7 Å². The molecule has 0 radical (unpaired) electrons. The zero-order chi connectivity index (χ0) is 11.5. The number of nitriles is 1. The topological polar surface area (TPSA) is 59.0 Å². The molecule has 0 spiro atoms. The predicted molar refractivity (Wildman–Crippen MR) is 60.1 cm³/mol. The lowest BCUT2D eigenvalue weighted by molar-refractivity contribution is 0.0265. The molecule has 2 atom stereocenters. The van der Waals surface area contributed by atoms with Gasteiger partial charge in [-0.2, -0.15) is 5.26 Å². The minimum atomic E-state index is -0.745. The molecule has 3 nitrogen and oxygen atoms in total. The van der Waals surface area contributed by atoms with Crippen molar-refractivity contribution in [2.24, 2.45) is 17.6 Å². The minimum absolute atomic E-state index is 0.194. The first-order valence-corrected chi connectivity index (χ1v) is 5.79. The highest BCUT2D eigenvalue weighted by molar-refractivity contribution is 5.13. The molecule has 1 saturated carbocycles. The summed E-state index contributed by atoms with van der Waals surface area (Å²) in [5, 5.41) is 9.04. The van der Waals surface area contributed by atoms with Gasteiger partial charge in [-0.3, -0.25) is 0 Å². The number of hydrogen-bond donors (Lipinski definition) is 1. The van der Waals surface area contributed by atoms with E-state index in [0.717, 1.165) is 19.3 Å². The maximum Gasteiger partial charge on any atom is 0.130 e. The van der Waals surface area contributed by atoms with Crippen molar-refractivity contribution in [2.45, 2.75) is 51.7 Å². The Hall–Kier alpha value is -0.590. The molecule has 0 aliphatic heterocycles. The Kier molecular flexibility index (Phi) is 4.12. The molecule has 2 N–H and O–H groups in total. The fourth-order valence-electron chi connectivity index (χ4n) is 1.85. The maximum atomic E-state index is 9.04. The lowest BCUT2D eigenvalue weighted by atomic mass is 9.98. The molecule has 0 aromatic carbocycles. The largest absolute Gasteiger partial charge is 0.375 e. The van der Waals surface area contributed by atoms with Gasteiger partial charge in [-0.05, 0) is 38.0 Å². The standard InChI is InChI=1S/C12H22N2O/c1-9(2)6-10(3)15-8-12(14,7-13)11-4-5-11/h9-11H,4-6,8,14H2,1-3H3. The van der Waals surface area contributed by atoms with E-state index in [2.05, 4.69) is 19.9 Å². The highest BCUT2D eigenvalue weighted by Crippen LogP contribution is 2.38. The van der Waals surface area contributed by atoms with E-state index in [1.54, 1.807) is 0 Å². The molecule has 0 bridgehead atoms. The summed E-state index contributed by atoms with van der Waals surface area (Å²) in [5.41, 5.74) is 5.25. The van der Waals surface area contributed by atoms with Crippen molar-refractivity contribution >= 4 is 0 Å². The lowest BCUT2D eigenvalue weighted by Gasteiger charge is -2.24. The monoisotopic (exact) mass is 210 g/mol. The number of ether oxygens (including phenoxy) is 1. The van der Waals surface area contributed by atoms with Crippen LogP contribution in [0.25, 0.3) is 0 Å². The van der Waals surface area contributed by atoms with Crippen LogP contribution in [0.1, 0.15) is 40.0 Å². The Morgan fingerprint density at radius 3 is 2.47 bits per heavy atom. The van der Waals surface area contributed by atoms with E-state index in [9.17, 15) is 0 Å². The molecule has 1 rings (SSSR count). The predicted octanol–water partition coefficient (Wildman–Crippen LogP) is 2.07. The first kappa shape index (κ1) is 12.5. The molecule has 0 aromatic rings. The molecule has 86 valence electrons. The van der Waals surface area contributed by atoms with Crippen LogP contribution in [0, 0.1) is 23.2 Å². The van der Waals surface area contributed by atoms with E-state index in [1.807, 2.05) is 6.92 Å². The van der Waals surface area contributed by atoms with Crippen LogP contribution in [0.4, 0.5) is 0 Å². The highest BCUT2D eigenvalue weighted by Gasteiger charge is 2.43. The average molecular weight is 210 g/mol. The van der Waals surface area contributed by atoms with Gasteiger partial charge in [-0.15, -0.1) is 0 Å². The van der Waals surface area contributed by atoms with Gasteiger partial charge >= 0.3 is 0 Å². The van der Waals surface area contributed by atoms with Crippen LogP contribution in [-0.4, -0.2) is 18.2 Å². The van der Waals surface area contributed by atoms with E-state index in [1.165, 1.54) is 0 Å². The van der Waals surface area contributed by atoms with Gasteiger partial charge in [0.15, 0.2) is 0 Å². The average Bonchev–Trinajstić information content (AvgIpc) is 2.96. The van der Waals surface area contributed by atoms with E-state index >= 15 is 0 Å². The van der Waals surface area contributed by atoms with Crippen molar-refractivity contribution in [1.82, 2.24) is 0 Å². The van der Waals surface area contributed by atoms with Gasteiger partial charge in [0.2, 0.25) is 0 Å². The summed E-state index contributed by atoms with van der Waals surface area (Å²) in [6, 6.07) is 2.20. The SMILES string of the molecule is CC(C)CC(C)OCC(N)(C#N)C1CC1. The van der Waals surface area contributed by atoms with E-state index < -0.39 is 5.54 Å². The Morgan fingerprint density at radius 2 is 2.07 bits per heavy atom. The van der Waals surface area contributed by atoms with Crippen molar-refractivity contribution in [3.63, 3.8) is 0 Å². The molecule has 0 saturated heterocycles. The van der Waals surface area contributed by atoms with Crippen molar-refractivity contribution in [2.75, 3.05) is 6.61 Å². The van der Waals surface area contributed by atoms with Crippen LogP contribution in [0.2, 0.25) is 0 Å². The van der Waals surface area contributed by atoms with Crippen LogP contribution in [0.15, 0.2) is 0 Å². The zero-order valence-electron chi connectivity index (χ0n) is 9.99. The molecule has 3 heteroatoms. The molecule has 1 fully saturated rings. The number of rotatable bonds is 6. The van der Waals surface area contributed by atoms with Gasteiger partial charge in [0.05, 0.1) is 18.8 Å². The third-order valence-corrected chi connectivity index (χ3v) is 2.92. The minimum Gasteiger partial charge on any atom is -0.375 e. The van der Waals surface area contributed by atoms with Crippen LogP contribution >= 0.6 is 0 Å². The Balaban J connectivity index is 2.31. The van der Waals surface area contributed by atoms with E-state index in [0.29, 0.717) is 18.4 Å². The van der Waals surface area contributed by atoms with Gasteiger partial charge < -0.3 is 10.5 Å². The molecule has 0 amide bonds. The summed E-state index contributed by atoms with van der Waals surface area (Å²) < 4.78 is 5.66. The fourth-order valence-corrected chi connectivity index (χ4v) is 1.85. The normalized spacial score (nSPS) is 22.1. The van der Waals surface area contributed by atoms with Gasteiger partial charge in [0.25, 0.3) is 0 Å². The van der Waals surface area contributed by atoms with Gasteiger partial charge in [-0.1, -0.05) is 13.8 Å². The molecule has 1 aliphatic carbocycles. The Labute approximate surface area is 92.6 Å².